The van der Waals surface area contributed by atoms with E-state index in [0.29, 0.717) is 11.6 Å². The number of rotatable bonds is 6. The Hall–Kier alpha value is -1.91. The Morgan fingerprint density at radius 3 is 2.46 bits per heavy atom. The molecular formula is C21H24ClFN2O. The third-order valence-electron chi connectivity index (χ3n) is 5.35. The van der Waals surface area contributed by atoms with Gasteiger partial charge in [-0.05, 0) is 62.3 Å². The fourth-order valence-electron chi connectivity index (χ4n) is 3.62. The number of benzene rings is 2. The minimum atomic E-state index is -0.469. The van der Waals surface area contributed by atoms with Crippen molar-refractivity contribution in [3.63, 3.8) is 0 Å². The number of hydrogen-bond donors (Lipinski definition) is 1. The molecule has 3 rings (SSSR count). The summed E-state index contributed by atoms with van der Waals surface area (Å²) in [6.45, 7) is 0.435. The molecule has 1 saturated carbocycles. The van der Waals surface area contributed by atoms with Gasteiger partial charge in [0, 0.05) is 11.6 Å². The smallest absolute Gasteiger partial charge is 0.230 e. The molecule has 1 atom stereocenters. The van der Waals surface area contributed by atoms with Gasteiger partial charge in [0.1, 0.15) is 5.82 Å². The van der Waals surface area contributed by atoms with Crippen LogP contribution in [0.2, 0.25) is 5.02 Å². The predicted molar refractivity (Wildman–Crippen MR) is 103 cm³/mol. The van der Waals surface area contributed by atoms with Crippen molar-refractivity contribution < 1.29 is 9.18 Å². The molecule has 0 bridgehead atoms. The molecule has 0 saturated heterocycles. The van der Waals surface area contributed by atoms with E-state index in [1.54, 1.807) is 6.07 Å². The first-order valence-corrected chi connectivity index (χ1v) is 9.26. The standard InChI is InChI=1S/C21H24ClFN2O/c1-25(2)19(15-5-3-6-18(23)13-15)14-24-20(26)21(11-4-12-21)16-7-9-17(22)10-8-16/h3,5-10,13,19H,4,11-12,14H2,1-2H3,(H,24,26). The summed E-state index contributed by atoms with van der Waals surface area (Å²) in [7, 11) is 3.86. The molecule has 0 aromatic heterocycles. The molecule has 1 fully saturated rings. The fraction of sp³-hybridized carbons (Fsp3) is 0.381. The summed E-state index contributed by atoms with van der Waals surface area (Å²) in [5, 5.41) is 3.77. The molecule has 1 aliphatic rings. The Bertz CT molecular complexity index is 772. The summed E-state index contributed by atoms with van der Waals surface area (Å²) in [4.78, 5) is 15.0. The third kappa shape index (κ3) is 3.76. The zero-order chi connectivity index (χ0) is 18.7. The highest BCUT2D eigenvalue weighted by molar-refractivity contribution is 6.30. The van der Waals surface area contributed by atoms with Crippen molar-refractivity contribution in [2.75, 3.05) is 20.6 Å². The Kier molecular flexibility index (Phi) is 5.64. The lowest BCUT2D eigenvalue weighted by Gasteiger charge is -2.41. The maximum atomic E-state index is 13.6. The van der Waals surface area contributed by atoms with Gasteiger partial charge >= 0.3 is 0 Å². The van der Waals surface area contributed by atoms with Crippen LogP contribution in [-0.2, 0) is 10.2 Å². The number of nitrogens with one attached hydrogen (secondary N) is 1. The minimum absolute atomic E-state index is 0.0364. The highest BCUT2D eigenvalue weighted by Gasteiger charge is 2.45. The second-order valence-electron chi connectivity index (χ2n) is 7.19. The van der Waals surface area contributed by atoms with Crippen LogP contribution in [0.25, 0.3) is 0 Å². The highest BCUT2D eigenvalue weighted by atomic mass is 35.5. The van der Waals surface area contributed by atoms with E-state index in [2.05, 4.69) is 5.32 Å². The van der Waals surface area contributed by atoms with Crippen LogP contribution in [0.15, 0.2) is 48.5 Å². The second-order valence-corrected chi connectivity index (χ2v) is 7.62. The van der Waals surface area contributed by atoms with Crippen LogP contribution in [0.4, 0.5) is 4.39 Å². The van der Waals surface area contributed by atoms with Crippen LogP contribution in [0.5, 0.6) is 0 Å². The Balaban J connectivity index is 1.74. The summed E-state index contributed by atoms with van der Waals surface area (Å²) >= 11 is 5.98. The van der Waals surface area contributed by atoms with Gasteiger partial charge in [-0.25, -0.2) is 4.39 Å². The number of carbonyl (C=O) groups is 1. The van der Waals surface area contributed by atoms with Crippen molar-refractivity contribution in [2.45, 2.75) is 30.7 Å². The molecular weight excluding hydrogens is 351 g/mol. The Morgan fingerprint density at radius 2 is 1.92 bits per heavy atom. The van der Waals surface area contributed by atoms with Gasteiger partial charge in [-0.1, -0.05) is 42.3 Å². The van der Waals surface area contributed by atoms with Crippen LogP contribution in [0, 0.1) is 5.82 Å². The predicted octanol–water partition coefficient (Wildman–Crippen LogP) is 4.32. The van der Waals surface area contributed by atoms with Gasteiger partial charge in [0.25, 0.3) is 0 Å². The molecule has 0 radical (unpaired) electrons. The monoisotopic (exact) mass is 374 g/mol. The first-order chi connectivity index (χ1) is 12.4. The molecule has 1 N–H and O–H groups in total. The van der Waals surface area contributed by atoms with Gasteiger partial charge in [0.2, 0.25) is 5.91 Å². The number of carbonyl (C=O) groups excluding carboxylic acids is 1. The maximum Gasteiger partial charge on any atom is 0.230 e. The lowest BCUT2D eigenvalue weighted by molar-refractivity contribution is -0.130. The SMILES string of the molecule is CN(C)C(CNC(=O)C1(c2ccc(Cl)cc2)CCC1)c1cccc(F)c1. The average molecular weight is 375 g/mol. The van der Waals surface area contributed by atoms with Gasteiger partial charge in [-0.3, -0.25) is 4.79 Å². The summed E-state index contributed by atoms with van der Waals surface area (Å²) in [5.74, 6) is -0.230. The molecule has 2 aromatic rings. The number of nitrogens with zero attached hydrogens (tertiary/aromatic N) is 1. The quantitative estimate of drug-likeness (QED) is 0.816. The average Bonchev–Trinajstić information content (AvgIpc) is 2.55. The molecule has 1 unspecified atom stereocenters. The van der Waals surface area contributed by atoms with Crippen molar-refractivity contribution >= 4 is 17.5 Å². The minimum Gasteiger partial charge on any atom is -0.353 e. The summed E-state index contributed by atoms with van der Waals surface area (Å²) in [6.07, 6.45) is 2.72. The van der Waals surface area contributed by atoms with Crippen LogP contribution in [0.3, 0.4) is 0 Å². The molecule has 138 valence electrons. The van der Waals surface area contributed by atoms with E-state index < -0.39 is 5.41 Å². The van der Waals surface area contributed by atoms with Gasteiger partial charge < -0.3 is 10.2 Å². The maximum absolute atomic E-state index is 13.6. The van der Waals surface area contributed by atoms with E-state index in [0.717, 1.165) is 30.4 Å². The van der Waals surface area contributed by atoms with Gasteiger partial charge in [0.05, 0.1) is 11.5 Å². The van der Waals surface area contributed by atoms with Crippen molar-refractivity contribution in [3.05, 3.63) is 70.5 Å². The fourth-order valence-corrected chi connectivity index (χ4v) is 3.74. The summed E-state index contributed by atoms with van der Waals surface area (Å²) in [5.41, 5.74) is 1.39. The molecule has 26 heavy (non-hydrogen) atoms. The van der Waals surface area contributed by atoms with E-state index in [1.807, 2.05) is 49.3 Å². The summed E-state index contributed by atoms with van der Waals surface area (Å²) < 4.78 is 13.6. The topological polar surface area (TPSA) is 32.3 Å². The molecule has 5 heteroatoms. The Labute approximate surface area is 159 Å². The van der Waals surface area contributed by atoms with E-state index in [1.165, 1.54) is 12.1 Å². The molecule has 1 amide bonds. The number of amides is 1. The van der Waals surface area contributed by atoms with E-state index in [-0.39, 0.29) is 17.8 Å². The van der Waals surface area contributed by atoms with Crippen LogP contribution in [-0.4, -0.2) is 31.4 Å². The third-order valence-corrected chi connectivity index (χ3v) is 5.60. The van der Waals surface area contributed by atoms with Gasteiger partial charge in [-0.15, -0.1) is 0 Å². The molecule has 3 nitrogen and oxygen atoms in total. The molecule has 2 aromatic carbocycles. The largest absolute Gasteiger partial charge is 0.353 e. The van der Waals surface area contributed by atoms with Crippen molar-refractivity contribution in [1.82, 2.24) is 10.2 Å². The van der Waals surface area contributed by atoms with Crippen molar-refractivity contribution in [1.29, 1.82) is 0 Å². The highest BCUT2D eigenvalue weighted by Crippen LogP contribution is 2.44. The second kappa shape index (κ2) is 7.77. The van der Waals surface area contributed by atoms with Crippen molar-refractivity contribution in [2.24, 2.45) is 0 Å². The first-order valence-electron chi connectivity index (χ1n) is 8.89. The molecule has 0 spiro atoms. The molecule has 0 aliphatic heterocycles. The zero-order valence-electron chi connectivity index (χ0n) is 15.1. The number of hydrogen-bond acceptors (Lipinski definition) is 2. The number of likely N-dealkylation sites (N-methyl/N-ethyl adjacent to an activating group) is 1. The lowest BCUT2D eigenvalue weighted by atomic mass is 9.64. The first kappa shape index (κ1) is 18.9. The summed E-state index contributed by atoms with van der Waals surface area (Å²) in [6, 6.07) is 14.0. The normalized spacial score (nSPS) is 16.8. The van der Waals surface area contributed by atoms with Gasteiger partial charge in [-0.2, -0.15) is 0 Å². The van der Waals surface area contributed by atoms with Crippen LogP contribution in [0.1, 0.15) is 36.4 Å². The van der Waals surface area contributed by atoms with E-state index >= 15 is 0 Å². The van der Waals surface area contributed by atoms with Crippen LogP contribution >= 0.6 is 11.6 Å². The van der Waals surface area contributed by atoms with Crippen molar-refractivity contribution in [3.8, 4) is 0 Å². The lowest BCUT2D eigenvalue weighted by Crippen LogP contribution is -2.50. The molecule has 1 aliphatic carbocycles. The Morgan fingerprint density at radius 1 is 1.23 bits per heavy atom. The van der Waals surface area contributed by atoms with E-state index in [9.17, 15) is 9.18 Å². The van der Waals surface area contributed by atoms with Gasteiger partial charge in [0.15, 0.2) is 0 Å². The molecule has 0 heterocycles. The number of halogens is 2. The zero-order valence-corrected chi connectivity index (χ0v) is 15.9. The van der Waals surface area contributed by atoms with Crippen LogP contribution < -0.4 is 5.32 Å². The van der Waals surface area contributed by atoms with E-state index in [4.69, 9.17) is 11.6 Å².